The second-order valence-corrected chi connectivity index (χ2v) is 4.57. The summed E-state index contributed by atoms with van der Waals surface area (Å²) in [6.45, 7) is 5.59. The van der Waals surface area contributed by atoms with Crippen LogP contribution in [0.1, 0.15) is 16.7 Å². The maximum atomic E-state index is 13.7. The van der Waals surface area contributed by atoms with Gasteiger partial charge in [0.15, 0.2) is 17.4 Å². The second-order valence-electron chi connectivity index (χ2n) is 4.57. The van der Waals surface area contributed by atoms with Crippen LogP contribution in [0, 0.1) is 32.4 Å². The van der Waals surface area contributed by atoms with E-state index in [9.17, 15) is 8.78 Å². The van der Waals surface area contributed by atoms with Gasteiger partial charge >= 0.3 is 0 Å². The molecule has 2 nitrogen and oxygen atoms in total. The number of nitrogen functional groups attached to an aromatic ring is 1. The Morgan fingerprint density at radius 3 is 2.00 bits per heavy atom. The number of halogens is 2. The largest absolute Gasteiger partial charge is 0.451 e. The van der Waals surface area contributed by atoms with Gasteiger partial charge in [0.1, 0.15) is 5.75 Å². The Kier molecular flexibility index (Phi) is 3.42. The van der Waals surface area contributed by atoms with Crippen LogP contribution in [-0.2, 0) is 0 Å². The van der Waals surface area contributed by atoms with Crippen molar-refractivity contribution in [1.29, 1.82) is 0 Å². The van der Waals surface area contributed by atoms with E-state index in [1.807, 2.05) is 32.9 Å². The molecule has 0 aromatic heterocycles. The molecule has 4 heteroatoms. The fourth-order valence-corrected chi connectivity index (χ4v) is 1.86. The Labute approximate surface area is 110 Å². The van der Waals surface area contributed by atoms with Crippen LogP contribution in [0.5, 0.6) is 11.5 Å². The van der Waals surface area contributed by atoms with Gasteiger partial charge in [0.25, 0.3) is 0 Å². The summed E-state index contributed by atoms with van der Waals surface area (Å²) in [4.78, 5) is 0. The summed E-state index contributed by atoms with van der Waals surface area (Å²) in [7, 11) is 0. The van der Waals surface area contributed by atoms with Crippen molar-refractivity contribution in [3.63, 3.8) is 0 Å². The summed E-state index contributed by atoms with van der Waals surface area (Å²) < 4.78 is 32.9. The van der Waals surface area contributed by atoms with Crippen molar-refractivity contribution in [2.45, 2.75) is 20.8 Å². The van der Waals surface area contributed by atoms with E-state index in [1.165, 1.54) is 0 Å². The topological polar surface area (TPSA) is 35.2 Å². The van der Waals surface area contributed by atoms with Crippen LogP contribution in [0.2, 0.25) is 0 Å². The number of nitrogens with two attached hydrogens (primary N) is 1. The van der Waals surface area contributed by atoms with Gasteiger partial charge in [-0.2, -0.15) is 0 Å². The molecule has 0 aliphatic carbocycles. The third-order valence-electron chi connectivity index (χ3n) is 3.10. The lowest BCUT2D eigenvalue weighted by atomic mass is 10.1. The molecule has 19 heavy (non-hydrogen) atoms. The standard InChI is InChI=1S/C15H15F2NO/c1-8-4-5-9(2)14(10(8)3)19-15-12(16)6-11(18)7-13(15)17/h4-7H,18H2,1-3H3. The van der Waals surface area contributed by atoms with Gasteiger partial charge < -0.3 is 10.5 Å². The van der Waals surface area contributed by atoms with Crippen LogP contribution in [0.4, 0.5) is 14.5 Å². The summed E-state index contributed by atoms with van der Waals surface area (Å²) in [6, 6.07) is 5.87. The number of ether oxygens (including phenoxy) is 1. The van der Waals surface area contributed by atoms with Gasteiger partial charge in [-0.1, -0.05) is 12.1 Å². The molecule has 2 aromatic rings. The Bertz CT molecular complexity index is 615. The van der Waals surface area contributed by atoms with Gasteiger partial charge in [-0.3, -0.25) is 0 Å². The SMILES string of the molecule is Cc1ccc(C)c(Oc2c(F)cc(N)cc2F)c1C. The second kappa shape index (κ2) is 4.88. The minimum atomic E-state index is -0.808. The monoisotopic (exact) mass is 263 g/mol. The third kappa shape index (κ3) is 2.52. The normalized spacial score (nSPS) is 10.6. The Morgan fingerprint density at radius 1 is 0.895 bits per heavy atom. The van der Waals surface area contributed by atoms with E-state index in [4.69, 9.17) is 10.5 Å². The molecule has 0 aliphatic heterocycles. The molecular weight excluding hydrogens is 248 g/mol. The van der Waals surface area contributed by atoms with E-state index in [0.717, 1.165) is 28.8 Å². The predicted octanol–water partition coefficient (Wildman–Crippen LogP) is 4.26. The number of rotatable bonds is 2. The molecule has 2 aromatic carbocycles. The molecule has 0 saturated carbocycles. The quantitative estimate of drug-likeness (QED) is 0.821. The van der Waals surface area contributed by atoms with E-state index in [2.05, 4.69) is 0 Å². The minimum Gasteiger partial charge on any atom is -0.451 e. The van der Waals surface area contributed by atoms with Crippen LogP contribution in [0.15, 0.2) is 24.3 Å². The summed E-state index contributed by atoms with van der Waals surface area (Å²) in [6.07, 6.45) is 0. The first-order valence-electron chi connectivity index (χ1n) is 5.89. The van der Waals surface area contributed by atoms with Gasteiger partial charge in [0.2, 0.25) is 0 Å². The molecule has 0 heterocycles. The zero-order valence-electron chi connectivity index (χ0n) is 11.1. The average molecular weight is 263 g/mol. The lowest BCUT2D eigenvalue weighted by Crippen LogP contribution is -1.99. The predicted molar refractivity (Wildman–Crippen MR) is 71.5 cm³/mol. The van der Waals surface area contributed by atoms with Gasteiger partial charge in [-0.05, 0) is 37.5 Å². The number of hydrogen-bond donors (Lipinski definition) is 1. The van der Waals surface area contributed by atoms with Crippen molar-refractivity contribution in [3.8, 4) is 11.5 Å². The van der Waals surface area contributed by atoms with Crippen LogP contribution >= 0.6 is 0 Å². The zero-order valence-corrected chi connectivity index (χ0v) is 11.1. The molecule has 0 aliphatic rings. The van der Waals surface area contributed by atoms with Crippen molar-refractivity contribution < 1.29 is 13.5 Å². The number of anilines is 1. The maximum Gasteiger partial charge on any atom is 0.198 e. The fourth-order valence-electron chi connectivity index (χ4n) is 1.86. The first kappa shape index (κ1) is 13.3. The minimum absolute atomic E-state index is 0.0278. The molecule has 2 rings (SSSR count). The molecule has 0 amide bonds. The molecule has 0 atom stereocenters. The lowest BCUT2D eigenvalue weighted by molar-refractivity contribution is 0.403. The van der Waals surface area contributed by atoms with Crippen molar-refractivity contribution in [3.05, 3.63) is 52.6 Å². The molecular formula is C15H15F2NO. The molecule has 0 spiro atoms. The van der Waals surface area contributed by atoms with Crippen LogP contribution in [-0.4, -0.2) is 0 Å². The maximum absolute atomic E-state index is 13.7. The van der Waals surface area contributed by atoms with Gasteiger partial charge in [-0.25, -0.2) is 8.78 Å². The Hall–Kier alpha value is -2.10. The van der Waals surface area contributed by atoms with E-state index in [1.54, 1.807) is 0 Å². The van der Waals surface area contributed by atoms with Crippen molar-refractivity contribution in [1.82, 2.24) is 0 Å². The molecule has 2 N–H and O–H groups in total. The number of aryl methyl sites for hydroxylation is 2. The summed E-state index contributed by atoms with van der Waals surface area (Å²) in [5.41, 5.74) is 8.07. The summed E-state index contributed by atoms with van der Waals surface area (Å²) >= 11 is 0. The van der Waals surface area contributed by atoms with Crippen LogP contribution in [0.3, 0.4) is 0 Å². The van der Waals surface area contributed by atoms with E-state index < -0.39 is 17.4 Å². The first-order valence-corrected chi connectivity index (χ1v) is 5.89. The van der Waals surface area contributed by atoms with Gasteiger partial charge in [0, 0.05) is 17.8 Å². The third-order valence-corrected chi connectivity index (χ3v) is 3.10. The highest BCUT2D eigenvalue weighted by atomic mass is 19.1. The van der Waals surface area contributed by atoms with Gasteiger partial charge in [-0.15, -0.1) is 0 Å². The summed E-state index contributed by atoms with van der Waals surface area (Å²) in [5.74, 6) is -1.57. The van der Waals surface area contributed by atoms with Gasteiger partial charge in [0.05, 0.1) is 0 Å². The molecule has 0 bridgehead atoms. The van der Waals surface area contributed by atoms with E-state index in [0.29, 0.717) is 5.75 Å². The molecule has 0 fully saturated rings. The number of benzene rings is 2. The van der Waals surface area contributed by atoms with Crippen LogP contribution in [0.25, 0.3) is 0 Å². The highest BCUT2D eigenvalue weighted by molar-refractivity contribution is 5.49. The van der Waals surface area contributed by atoms with E-state index in [-0.39, 0.29) is 5.69 Å². The summed E-state index contributed by atoms with van der Waals surface area (Å²) in [5, 5.41) is 0. The highest BCUT2D eigenvalue weighted by Crippen LogP contribution is 2.34. The molecule has 0 unspecified atom stereocenters. The average Bonchev–Trinajstić information content (AvgIpc) is 2.32. The number of hydrogen-bond acceptors (Lipinski definition) is 2. The highest BCUT2D eigenvalue weighted by Gasteiger charge is 2.15. The van der Waals surface area contributed by atoms with Crippen LogP contribution < -0.4 is 10.5 Å². The fraction of sp³-hybridized carbons (Fsp3) is 0.200. The Morgan fingerprint density at radius 2 is 1.42 bits per heavy atom. The molecule has 100 valence electrons. The van der Waals surface area contributed by atoms with E-state index >= 15 is 0 Å². The van der Waals surface area contributed by atoms with Crippen molar-refractivity contribution in [2.24, 2.45) is 0 Å². The Balaban J connectivity index is 2.51. The molecule has 0 saturated heterocycles. The lowest BCUT2D eigenvalue weighted by Gasteiger charge is -2.14. The smallest absolute Gasteiger partial charge is 0.198 e. The molecule has 0 radical (unpaired) electrons. The zero-order chi connectivity index (χ0) is 14.2. The van der Waals surface area contributed by atoms with Crippen molar-refractivity contribution >= 4 is 5.69 Å². The van der Waals surface area contributed by atoms with Crippen molar-refractivity contribution in [2.75, 3.05) is 5.73 Å². The first-order chi connectivity index (χ1) is 8.90.